The van der Waals surface area contributed by atoms with Crippen molar-refractivity contribution in [3.63, 3.8) is 0 Å². The van der Waals surface area contributed by atoms with Crippen LogP contribution in [-0.4, -0.2) is 7.05 Å². The van der Waals surface area contributed by atoms with Crippen LogP contribution in [0.1, 0.15) is 37.3 Å². The minimum Gasteiger partial charge on any atom is -0.313 e. The van der Waals surface area contributed by atoms with Crippen molar-refractivity contribution in [3.8, 4) is 0 Å². The highest BCUT2D eigenvalue weighted by atomic mass is 79.9. The van der Waals surface area contributed by atoms with Gasteiger partial charge in [-0.3, -0.25) is 0 Å². The largest absolute Gasteiger partial charge is 0.313 e. The highest BCUT2D eigenvalue weighted by Gasteiger charge is 2.22. The number of hydrogen-bond donors (Lipinski definition) is 1. The molecular weight excluding hydrogens is 330 g/mol. The van der Waals surface area contributed by atoms with E-state index in [0.717, 1.165) is 14.9 Å². The Morgan fingerprint density at radius 2 is 1.88 bits per heavy atom. The molecule has 1 nitrogen and oxygen atoms in total. The molecule has 0 radical (unpaired) electrons. The van der Waals surface area contributed by atoms with Crippen molar-refractivity contribution in [2.24, 2.45) is 5.92 Å². The lowest BCUT2D eigenvalue weighted by Gasteiger charge is -2.30. The summed E-state index contributed by atoms with van der Waals surface area (Å²) in [5, 5.41) is 3.43. The quantitative estimate of drug-likeness (QED) is 0.835. The molecular formula is C13H17Br2N. The molecule has 1 aliphatic carbocycles. The lowest BCUT2D eigenvalue weighted by atomic mass is 9.79. The van der Waals surface area contributed by atoms with Crippen molar-refractivity contribution >= 4 is 31.9 Å². The first kappa shape index (κ1) is 12.6. The predicted molar refractivity (Wildman–Crippen MR) is 75.6 cm³/mol. The van der Waals surface area contributed by atoms with E-state index in [1.165, 1.54) is 31.2 Å². The van der Waals surface area contributed by atoms with Crippen LogP contribution in [0, 0.1) is 5.92 Å². The van der Waals surface area contributed by atoms with Gasteiger partial charge in [0, 0.05) is 15.0 Å². The first-order valence-electron chi connectivity index (χ1n) is 5.82. The van der Waals surface area contributed by atoms with Crippen molar-refractivity contribution in [2.45, 2.75) is 31.7 Å². The van der Waals surface area contributed by atoms with E-state index >= 15 is 0 Å². The summed E-state index contributed by atoms with van der Waals surface area (Å²) in [4.78, 5) is 0. The van der Waals surface area contributed by atoms with Crippen molar-refractivity contribution < 1.29 is 0 Å². The molecule has 1 atom stereocenters. The van der Waals surface area contributed by atoms with Crippen molar-refractivity contribution in [2.75, 3.05) is 7.05 Å². The Kier molecular flexibility index (Phi) is 4.45. The van der Waals surface area contributed by atoms with Gasteiger partial charge in [-0.2, -0.15) is 0 Å². The third kappa shape index (κ3) is 3.08. The van der Waals surface area contributed by atoms with Crippen LogP contribution in [0.5, 0.6) is 0 Å². The van der Waals surface area contributed by atoms with Crippen LogP contribution < -0.4 is 5.32 Å². The highest BCUT2D eigenvalue weighted by Crippen LogP contribution is 2.35. The monoisotopic (exact) mass is 345 g/mol. The first-order chi connectivity index (χ1) is 7.69. The van der Waals surface area contributed by atoms with Crippen LogP contribution >= 0.6 is 31.9 Å². The van der Waals surface area contributed by atoms with Crippen LogP contribution in [0.4, 0.5) is 0 Å². The van der Waals surface area contributed by atoms with E-state index in [-0.39, 0.29) is 0 Å². The standard InChI is InChI=1S/C13H17Br2N/c1-16-13(5-9-3-2-4-9)10-6-11(14)8-12(15)7-10/h6-9,13,16H,2-5H2,1H3. The Morgan fingerprint density at radius 1 is 1.25 bits per heavy atom. The summed E-state index contributed by atoms with van der Waals surface area (Å²) >= 11 is 7.10. The van der Waals surface area contributed by atoms with Crippen molar-refractivity contribution in [3.05, 3.63) is 32.7 Å². The second-order valence-electron chi connectivity index (χ2n) is 4.58. The minimum atomic E-state index is 0.485. The molecule has 0 aliphatic heterocycles. The molecule has 0 amide bonds. The summed E-state index contributed by atoms with van der Waals surface area (Å²) in [7, 11) is 2.05. The third-order valence-electron chi connectivity index (χ3n) is 3.43. The van der Waals surface area contributed by atoms with E-state index in [1.54, 1.807) is 0 Å². The first-order valence-corrected chi connectivity index (χ1v) is 7.41. The molecule has 1 N–H and O–H groups in total. The molecule has 0 heterocycles. The summed E-state index contributed by atoms with van der Waals surface area (Å²) in [6, 6.07) is 6.99. The lowest BCUT2D eigenvalue weighted by Crippen LogP contribution is -2.23. The van der Waals surface area contributed by atoms with Crippen LogP contribution in [0.2, 0.25) is 0 Å². The van der Waals surface area contributed by atoms with Crippen LogP contribution in [0.3, 0.4) is 0 Å². The minimum absolute atomic E-state index is 0.485. The number of nitrogens with one attached hydrogen (secondary N) is 1. The zero-order chi connectivity index (χ0) is 11.5. The molecule has 1 aliphatic rings. The molecule has 1 unspecified atom stereocenters. The molecule has 1 fully saturated rings. The zero-order valence-corrected chi connectivity index (χ0v) is 12.6. The maximum Gasteiger partial charge on any atom is 0.0320 e. The van der Waals surface area contributed by atoms with Gasteiger partial charge in [0.05, 0.1) is 0 Å². The predicted octanol–water partition coefficient (Wildman–Crippen LogP) is 4.66. The zero-order valence-electron chi connectivity index (χ0n) is 9.47. The van der Waals surface area contributed by atoms with Crippen LogP contribution in [0.25, 0.3) is 0 Å². The van der Waals surface area contributed by atoms with Crippen LogP contribution in [-0.2, 0) is 0 Å². The van der Waals surface area contributed by atoms with Gasteiger partial charge in [-0.05, 0) is 43.1 Å². The summed E-state index contributed by atoms with van der Waals surface area (Å²) in [6.07, 6.45) is 5.50. The third-order valence-corrected chi connectivity index (χ3v) is 4.35. The molecule has 2 rings (SSSR count). The maximum atomic E-state index is 3.55. The molecule has 1 aromatic carbocycles. The Hall–Kier alpha value is 0.140. The Morgan fingerprint density at radius 3 is 2.31 bits per heavy atom. The van der Waals surface area contributed by atoms with Crippen molar-refractivity contribution in [1.82, 2.24) is 5.32 Å². The van der Waals surface area contributed by atoms with E-state index in [1.807, 2.05) is 0 Å². The summed E-state index contributed by atoms with van der Waals surface area (Å²) in [5.74, 6) is 0.926. The van der Waals surface area contributed by atoms with Gasteiger partial charge in [-0.1, -0.05) is 51.1 Å². The molecule has 0 saturated heterocycles. The summed E-state index contributed by atoms with van der Waals surface area (Å²) in [5.41, 5.74) is 1.37. The van der Waals surface area contributed by atoms with Crippen molar-refractivity contribution in [1.29, 1.82) is 0 Å². The second-order valence-corrected chi connectivity index (χ2v) is 6.41. The van der Waals surface area contributed by atoms with Gasteiger partial charge in [0.15, 0.2) is 0 Å². The van der Waals surface area contributed by atoms with Gasteiger partial charge in [0.25, 0.3) is 0 Å². The fraction of sp³-hybridized carbons (Fsp3) is 0.538. The fourth-order valence-corrected chi connectivity index (χ4v) is 3.59. The van der Waals surface area contributed by atoms with Gasteiger partial charge >= 0.3 is 0 Å². The topological polar surface area (TPSA) is 12.0 Å². The molecule has 3 heteroatoms. The smallest absolute Gasteiger partial charge is 0.0320 e. The average molecular weight is 347 g/mol. The van der Waals surface area contributed by atoms with Gasteiger partial charge in [-0.15, -0.1) is 0 Å². The van der Waals surface area contributed by atoms with Crippen LogP contribution in [0.15, 0.2) is 27.1 Å². The average Bonchev–Trinajstić information content (AvgIpc) is 2.14. The Bertz CT molecular complexity index is 341. The maximum absolute atomic E-state index is 3.55. The second kappa shape index (κ2) is 5.65. The normalized spacial score (nSPS) is 18.2. The summed E-state index contributed by atoms with van der Waals surface area (Å²) < 4.78 is 2.29. The molecule has 1 aromatic rings. The fourth-order valence-electron chi connectivity index (χ4n) is 2.26. The van der Waals surface area contributed by atoms with E-state index in [2.05, 4.69) is 62.4 Å². The van der Waals surface area contributed by atoms with E-state index in [4.69, 9.17) is 0 Å². The van der Waals surface area contributed by atoms with E-state index in [9.17, 15) is 0 Å². The Labute approximate surface area is 114 Å². The molecule has 88 valence electrons. The lowest BCUT2D eigenvalue weighted by molar-refractivity contribution is 0.265. The number of rotatable bonds is 4. The molecule has 16 heavy (non-hydrogen) atoms. The van der Waals surface area contributed by atoms with Gasteiger partial charge in [0.2, 0.25) is 0 Å². The van der Waals surface area contributed by atoms with Gasteiger partial charge in [-0.25, -0.2) is 0 Å². The molecule has 0 bridgehead atoms. The molecule has 0 spiro atoms. The SMILES string of the molecule is CNC(CC1CCC1)c1cc(Br)cc(Br)c1. The van der Waals surface area contributed by atoms with Gasteiger partial charge < -0.3 is 5.32 Å². The molecule has 0 aromatic heterocycles. The molecule has 1 saturated carbocycles. The van der Waals surface area contributed by atoms with Gasteiger partial charge in [0.1, 0.15) is 0 Å². The Balaban J connectivity index is 2.11. The summed E-state index contributed by atoms with van der Waals surface area (Å²) in [6.45, 7) is 0. The number of halogens is 2. The number of benzene rings is 1. The number of hydrogen-bond acceptors (Lipinski definition) is 1. The van der Waals surface area contributed by atoms with E-state index < -0.39 is 0 Å². The highest BCUT2D eigenvalue weighted by molar-refractivity contribution is 9.11. The van der Waals surface area contributed by atoms with E-state index in [0.29, 0.717) is 6.04 Å².